The molecule has 1 N–H and O–H groups in total. The molecule has 0 atom stereocenters. The highest BCUT2D eigenvalue weighted by molar-refractivity contribution is 5.79. The molecule has 2 aliphatic heterocycles. The third-order valence-corrected chi connectivity index (χ3v) is 6.24. The number of likely N-dealkylation sites (tertiary alicyclic amines) is 1. The van der Waals surface area contributed by atoms with Gasteiger partial charge in [0.25, 0.3) is 0 Å². The number of hydrogen-bond acceptors (Lipinski definition) is 3. The molecule has 29 heavy (non-hydrogen) atoms. The molecule has 3 aromatic rings. The lowest BCUT2D eigenvalue weighted by atomic mass is 9.82. The van der Waals surface area contributed by atoms with Crippen LogP contribution in [0.15, 0.2) is 66.9 Å². The number of anilines is 1. The van der Waals surface area contributed by atoms with Crippen LogP contribution in [0.25, 0.3) is 5.69 Å². The van der Waals surface area contributed by atoms with Crippen LogP contribution < -0.4 is 10.1 Å². The Bertz CT molecular complexity index is 1050. The van der Waals surface area contributed by atoms with Crippen LogP contribution in [0.1, 0.15) is 24.1 Å². The maximum absolute atomic E-state index is 12.9. The van der Waals surface area contributed by atoms with Crippen molar-refractivity contribution < 1.29 is 9.53 Å². The summed E-state index contributed by atoms with van der Waals surface area (Å²) >= 11 is 0. The number of nitrogens with zero attached hydrogens (tertiary/aromatic N) is 2. The van der Waals surface area contributed by atoms with Crippen molar-refractivity contribution in [2.24, 2.45) is 0 Å². The summed E-state index contributed by atoms with van der Waals surface area (Å²) in [4.78, 5) is 14.9. The molecular formula is C24H25N3O2. The van der Waals surface area contributed by atoms with Crippen molar-refractivity contribution in [3.8, 4) is 11.4 Å². The summed E-state index contributed by atoms with van der Waals surface area (Å²) in [5.74, 6) is 0.971. The van der Waals surface area contributed by atoms with Gasteiger partial charge in [-0.3, -0.25) is 4.79 Å². The number of carbonyl (C=O) groups is 1. The van der Waals surface area contributed by atoms with Gasteiger partial charge >= 0.3 is 0 Å². The van der Waals surface area contributed by atoms with E-state index in [4.69, 9.17) is 4.74 Å². The lowest BCUT2D eigenvalue weighted by molar-refractivity contribution is -0.132. The first-order chi connectivity index (χ1) is 14.2. The summed E-state index contributed by atoms with van der Waals surface area (Å²) in [5.41, 5.74) is 4.51. The highest BCUT2D eigenvalue weighted by Crippen LogP contribution is 2.43. The number of methoxy groups -OCH3 is 1. The topological polar surface area (TPSA) is 46.5 Å². The van der Waals surface area contributed by atoms with Gasteiger partial charge in [-0.05, 0) is 54.8 Å². The Morgan fingerprint density at radius 3 is 2.72 bits per heavy atom. The second-order valence-corrected chi connectivity index (χ2v) is 7.90. The zero-order chi connectivity index (χ0) is 19.8. The van der Waals surface area contributed by atoms with Crippen LogP contribution >= 0.6 is 0 Å². The van der Waals surface area contributed by atoms with Crippen molar-refractivity contribution in [3.63, 3.8) is 0 Å². The Kier molecular flexibility index (Phi) is 4.31. The molecule has 1 aromatic heterocycles. The third kappa shape index (κ3) is 3.07. The van der Waals surface area contributed by atoms with Gasteiger partial charge in [-0.2, -0.15) is 0 Å². The fourth-order valence-electron chi connectivity index (χ4n) is 4.68. The first kappa shape index (κ1) is 17.9. The maximum atomic E-state index is 12.9. The normalized spacial score (nSPS) is 16.7. The van der Waals surface area contributed by atoms with Gasteiger partial charge in [0.15, 0.2) is 0 Å². The van der Waals surface area contributed by atoms with Crippen molar-refractivity contribution in [3.05, 3.63) is 78.1 Å². The summed E-state index contributed by atoms with van der Waals surface area (Å²) in [6.07, 6.45) is 4.35. The van der Waals surface area contributed by atoms with Gasteiger partial charge in [0.1, 0.15) is 5.75 Å². The van der Waals surface area contributed by atoms with Crippen LogP contribution in [0.5, 0.6) is 5.75 Å². The van der Waals surface area contributed by atoms with E-state index in [9.17, 15) is 4.79 Å². The molecule has 0 radical (unpaired) electrons. The summed E-state index contributed by atoms with van der Waals surface area (Å²) in [6, 6.07) is 20.5. The zero-order valence-electron chi connectivity index (χ0n) is 16.6. The van der Waals surface area contributed by atoms with Gasteiger partial charge in [0.2, 0.25) is 5.91 Å². The number of ether oxygens (including phenoxy) is 1. The predicted octanol–water partition coefficient (Wildman–Crippen LogP) is 3.97. The SMILES string of the molecule is COc1cccc(CC(=O)N2CCC3(CC2)Nc2ccccc2-n2cccc23)c1. The highest BCUT2D eigenvalue weighted by atomic mass is 16.5. The summed E-state index contributed by atoms with van der Waals surface area (Å²) in [6.45, 7) is 1.51. The molecule has 0 saturated carbocycles. The van der Waals surface area contributed by atoms with Crippen LogP contribution in [0, 0.1) is 0 Å². The average molecular weight is 387 g/mol. The van der Waals surface area contributed by atoms with E-state index in [0.29, 0.717) is 6.42 Å². The predicted molar refractivity (Wildman–Crippen MR) is 114 cm³/mol. The van der Waals surface area contributed by atoms with Gasteiger partial charge in [-0.15, -0.1) is 0 Å². The van der Waals surface area contributed by atoms with Crippen molar-refractivity contribution in [1.82, 2.24) is 9.47 Å². The number of carbonyl (C=O) groups excluding carboxylic acids is 1. The largest absolute Gasteiger partial charge is 0.497 e. The minimum absolute atomic E-state index is 0.120. The third-order valence-electron chi connectivity index (χ3n) is 6.24. The van der Waals surface area contributed by atoms with Gasteiger partial charge in [0.05, 0.1) is 30.4 Å². The van der Waals surface area contributed by atoms with E-state index in [1.165, 1.54) is 11.4 Å². The average Bonchev–Trinajstić information content (AvgIpc) is 3.26. The molecule has 1 amide bonds. The smallest absolute Gasteiger partial charge is 0.226 e. The van der Waals surface area contributed by atoms with Crippen molar-refractivity contribution in [2.45, 2.75) is 24.8 Å². The van der Waals surface area contributed by atoms with Crippen molar-refractivity contribution in [2.75, 3.05) is 25.5 Å². The molecule has 5 rings (SSSR count). The summed E-state index contributed by atoms with van der Waals surface area (Å²) < 4.78 is 7.57. The van der Waals surface area contributed by atoms with E-state index in [1.807, 2.05) is 29.2 Å². The minimum atomic E-state index is -0.120. The maximum Gasteiger partial charge on any atom is 0.226 e. The number of rotatable bonds is 3. The molecular weight excluding hydrogens is 362 g/mol. The summed E-state index contributed by atoms with van der Waals surface area (Å²) in [7, 11) is 1.65. The molecule has 1 saturated heterocycles. The fraction of sp³-hybridized carbons (Fsp3) is 0.292. The lowest BCUT2D eigenvalue weighted by Gasteiger charge is -2.46. The summed E-state index contributed by atoms with van der Waals surface area (Å²) in [5, 5.41) is 3.80. The first-order valence-electron chi connectivity index (χ1n) is 10.1. The molecule has 5 heteroatoms. The Labute approximate surface area is 170 Å². The quantitative estimate of drug-likeness (QED) is 0.740. The Balaban J connectivity index is 1.32. The van der Waals surface area contributed by atoms with Gasteiger partial charge in [-0.1, -0.05) is 24.3 Å². The molecule has 2 aliphatic rings. The Morgan fingerprint density at radius 2 is 1.90 bits per heavy atom. The molecule has 1 fully saturated rings. The van der Waals surface area contributed by atoms with Gasteiger partial charge < -0.3 is 19.5 Å². The number of hydrogen-bond donors (Lipinski definition) is 1. The second kappa shape index (κ2) is 6.99. The number of para-hydroxylation sites is 2. The lowest BCUT2D eigenvalue weighted by Crippen LogP contribution is -2.51. The van der Waals surface area contributed by atoms with Crippen molar-refractivity contribution in [1.29, 1.82) is 0 Å². The van der Waals surface area contributed by atoms with E-state index in [0.717, 1.165) is 42.9 Å². The number of fused-ring (bicyclic) bond motifs is 4. The monoisotopic (exact) mass is 387 g/mol. The zero-order valence-corrected chi connectivity index (χ0v) is 16.6. The molecule has 0 bridgehead atoms. The number of amides is 1. The van der Waals surface area contributed by atoms with Crippen LogP contribution in [0.3, 0.4) is 0 Å². The molecule has 5 nitrogen and oxygen atoms in total. The van der Waals surface area contributed by atoms with E-state index in [2.05, 4.69) is 52.5 Å². The van der Waals surface area contributed by atoms with Gasteiger partial charge in [0, 0.05) is 25.0 Å². The number of benzene rings is 2. The molecule has 0 aliphatic carbocycles. The van der Waals surface area contributed by atoms with Crippen LogP contribution in [0.2, 0.25) is 0 Å². The van der Waals surface area contributed by atoms with E-state index >= 15 is 0 Å². The molecule has 148 valence electrons. The van der Waals surface area contributed by atoms with E-state index in [-0.39, 0.29) is 11.4 Å². The van der Waals surface area contributed by atoms with Crippen LogP contribution in [-0.2, 0) is 16.8 Å². The fourth-order valence-corrected chi connectivity index (χ4v) is 4.68. The number of nitrogens with one attached hydrogen (secondary N) is 1. The second-order valence-electron chi connectivity index (χ2n) is 7.90. The van der Waals surface area contributed by atoms with E-state index < -0.39 is 0 Å². The molecule has 3 heterocycles. The number of aromatic nitrogens is 1. The standard InChI is InChI=1S/C24H25N3O2/c1-29-19-7-4-6-18(16-19)17-23(28)26-14-11-24(12-15-26)22-10-5-13-27(22)21-9-3-2-8-20(21)25-24/h2-10,13,16,25H,11-12,14-15,17H2,1H3. The number of piperidine rings is 1. The minimum Gasteiger partial charge on any atom is -0.497 e. The first-order valence-corrected chi connectivity index (χ1v) is 10.1. The molecule has 2 aromatic carbocycles. The van der Waals surface area contributed by atoms with Crippen molar-refractivity contribution >= 4 is 11.6 Å². The molecule has 0 unspecified atom stereocenters. The Hall–Kier alpha value is -3.21. The molecule has 1 spiro atoms. The van der Waals surface area contributed by atoms with E-state index in [1.54, 1.807) is 7.11 Å². The Morgan fingerprint density at radius 1 is 1.07 bits per heavy atom. The van der Waals surface area contributed by atoms with Gasteiger partial charge in [-0.25, -0.2) is 0 Å². The highest BCUT2D eigenvalue weighted by Gasteiger charge is 2.42. The van der Waals surface area contributed by atoms with Crippen LogP contribution in [0.4, 0.5) is 5.69 Å². The van der Waals surface area contributed by atoms with Crippen LogP contribution in [-0.4, -0.2) is 35.6 Å².